The van der Waals surface area contributed by atoms with Crippen LogP contribution in [0.15, 0.2) is 48.8 Å². The number of urea groups is 1. The number of nitrogens with one attached hydrogen (secondary N) is 2. The summed E-state index contributed by atoms with van der Waals surface area (Å²) in [5.74, 6) is -0.542. The van der Waals surface area contributed by atoms with Gasteiger partial charge in [0.1, 0.15) is 5.69 Å². The number of nitrogens with zero attached hydrogens (tertiary/aromatic N) is 2. The Balaban J connectivity index is 1.56. The highest BCUT2D eigenvalue weighted by atomic mass is 32.1. The molecule has 4 N–H and O–H groups in total. The molecule has 2 heterocycles. The number of hydrogen-bond acceptors (Lipinski definition) is 5. The van der Waals surface area contributed by atoms with Crippen molar-refractivity contribution >= 4 is 34.1 Å². The van der Waals surface area contributed by atoms with Gasteiger partial charge in [0.25, 0.3) is 5.91 Å². The van der Waals surface area contributed by atoms with Crippen molar-refractivity contribution in [1.82, 2.24) is 9.97 Å². The van der Waals surface area contributed by atoms with E-state index in [4.69, 9.17) is 5.73 Å². The van der Waals surface area contributed by atoms with E-state index in [-0.39, 0.29) is 17.1 Å². The van der Waals surface area contributed by atoms with Crippen LogP contribution in [0.2, 0.25) is 0 Å². The summed E-state index contributed by atoms with van der Waals surface area (Å²) in [4.78, 5) is 32.8. The molecule has 30 heavy (non-hydrogen) atoms. The van der Waals surface area contributed by atoms with Gasteiger partial charge in [-0.1, -0.05) is 32.9 Å². The lowest BCUT2D eigenvalue weighted by molar-refractivity contribution is 0.0995. The van der Waals surface area contributed by atoms with Crippen molar-refractivity contribution < 1.29 is 9.59 Å². The van der Waals surface area contributed by atoms with Crippen molar-refractivity contribution in [3.63, 3.8) is 0 Å². The van der Waals surface area contributed by atoms with Gasteiger partial charge in [-0.3, -0.25) is 15.1 Å². The molecule has 0 fully saturated rings. The fraction of sp³-hybridized carbons (Fsp3) is 0.273. The van der Waals surface area contributed by atoms with Crippen LogP contribution in [0.5, 0.6) is 0 Å². The zero-order valence-corrected chi connectivity index (χ0v) is 18.0. The molecule has 0 unspecified atom stereocenters. The first kappa shape index (κ1) is 21.4. The van der Waals surface area contributed by atoms with E-state index in [1.807, 2.05) is 30.3 Å². The molecule has 0 aliphatic heterocycles. The van der Waals surface area contributed by atoms with Gasteiger partial charge in [0.05, 0.1) is 0 Å². The number of aryl methyl sites for hydroxylation is 2. The van der Waals surface area contributed by atoms with E-state index < -0.39 is 5.91 Å². The van der Waals surface area contributed by atoms with Crippen LogP contribution in [0.25, 0.3) is 0 Å². The molecule has 0 radical (unpaired) electrons. The smallest absolute Gasteiger partial charge is 0.325 e. The quantitative estimate of drug-likeness (QED) is 0.547. The SMILES string of the molecule is CC(C)(C)c1cccc(NC(=O)Nc2ncc(CCc3ccnc(C(N)=O)c3)s2)c1. The first-order chi connectivity index (χ1) is 14.2. The predicted molar refractivity (Wildman–Crippen MR) is 120 cm³/mol. The van der Waals surface area contributed by atoms with Crippen molar-refractivity contribution in [2.75, 3.05) is 10.6 Å². The number of nitrogens with two attached hydrogens (primary N) is 1. The minimum atomic E-state index is -0.542. The molecule has 2 aromatic heterocycles. The summed E-state index contributed by atoms with van der Waals surface area (Å²) in [5.41, 5.74) is 8.38. The number of carbonyl (C=O) groups is 2. The van der Waals surface area contributed by atoms with Gasteiger partial charge in [-0.2, -0.15) is 0 Å². The van der Waals surface area contributed by atoms with Gasteiger partial charge in [-0.25, -0.2) is 9.78 Å². The van der Waals surface area contributed by atoms with Gasteiger partial charge in [0.15, 0.2) is 5.13 Å². The van der Waals surface area contributed by atoms with Crippen LogP contribution in [0.3, 0.4) is 0 Å². The Kier molecular flexibility index (Phi) is 6.47. The van der Waals surface area contributed by atoms with Gasteiger partial charge in [0.2, 0.25) is 0 Å². The highest BCUT2D eigenvalue weighted by Gasteiger charge is 2.14. The number of aromatic nitrogens is 2. The van der Waals surface area contributed by atoms with E-state index in [1.54, 1.807) is 18.5 Å². The number of anilines is 2. The number of carbonyl (C=O) groups excluding carboxylic acids is 2. The minimum absolute atomic E-state index is 0.00535. The Hall–Kier alpha value is -3.26. The maximum absolute atomic E-state index is 12.3. The Morgan fingerprint density at radius 1 is 1.07 bits per heavy atom. The van der Waals surface area contributed by atoms with E-state index in [1.165, 1.54) is 11.3 Å². The van der Waals surface area contributed by atoms with Crippen LogP contribution in [-0.2, 0) is 18.3 Å². The summed E-state index contributed by atoms with van der Waals surface area (Å²) in [6, 6.07) is 11.0. The largest absolute Gasteiger partial charge is 0.364 e. The zero-order chi connectivity index (χ0) is 21.7. The molecule has 1 aromatic carbocycles. The van der Waals surface area contributed by atoms with E-state index in [2.05, 4.69) is 41.4 Å². The van der Waals surface area contributed by atoms with Crippen molar-refractivity contribution in [3.8, 4) is 0 Å². The number of benzene rings is 1. The topological polar surface area (TPSA) is 110 Å². The second kappa shape index (κ2) is 9.04. The van der Waals surface area contributed by atoms with Crippen molar-refractivity contribution in [1.29, 1.82) is 0 Å². The number of thiazole rings is 1. The molecule has 0 saturated heterocycles. The second-order valence-corrected chi connectivity index (χ2v) is 9.07. The maximum atomic E-state index is 12.3. The molecule has 8 heteroatoms. The van der Waals surface area contributed by atoms with E-state index in [0.717, 1.165) is 34.5 Å². The monoisotopic (exact) mass is 423 g/mol. The number of rotatable bonds is 6. The summed E-state index contributed by atoms with van der Waals surface area (Å²) < 4.78 is 0. The van der Waals surface area contributed by atoms with Crippen LogP contribution in [0, 0.1) is 0 Å². The van der Waals surface area contributed by atoms with E-state index in [0.29, 0.717) is 5.13 Å². The first-order valence-corrected chi connectivity index (χ1v) is 10.4. The number of amides is 3. The molecular weight excluding hydrogens is 398 g/mol. The van der Waals surface area contributed by atoms with Gasteiger partial charge in [-0.05, 0) is 53.6 Å². The van der Waals surface area contributed by atoms with Crippen LogP contribution >= 0.6 is 11.3 Å². The molecular formula is C22H25N5O2S. The van der Waals surface area contributed by atoms with Crippen LogP contribution < -0.4 is 16.4 Å². The van der Waals surface area contributed by atoms with Gasteiger partial charge in [0, 0.05) is 23.0 Å². The van der Waals surface area contributed by atoms with Crippen molar-refractivity contribution in [3.05, 3.63) is 70.5 Å². The van der Waals surface area contributed by atoms with Gasteiger partial charge >= 0.3 is 6.03 Å². The fourth-order valence-corrected chi connectivity index (χ4v) is 3.64. The molecule has 0 bridgehead atoms. The molecule has 3 aromatic rings. The zero-order valence-electron chi connectivity index (χ0n) is 17.2. The summed E-state index contributed by atoms with van der Waals surface area (Å²) >= 11 is 1.42. The highest BCUT2D eigenvalue weighted by molar-refractivity contribution is 7.15. The normalized spacial score (nSPS) is 11.2. The Morgan fingerprint density at radius 3 is 2.60 bits per heavy atom. The number of pyridine rings is 1. The summed E-state index contributed by atoms with van der Waals surface area (Å²) in [5, 5.41) is 6.16. The minimum Gasteiger partial charge on any atom is -0.364 e. The Bertz CT molecular complexity index is 1060. The third kappa shape index (κ3) is 5.87. The fourth-order valence-electron chi connectivity index (χ4n) is 2.84. The average molecular weight is 424 g/mol. The van der Waals surface area contributed by atoms with E-state index in [9.17, 15) is 9.59 Å². The highest BCUT2D eigenvalue weighted by Crippen LogP contribution is 2.25. The molecule has 0 atom stereocenters. The lowest BCUT2D eigenvalue weighted by Gasteiger charge is -2.19. The maximum Gasteiger partial charge on any atom is 0.325 e. The number of primary amides is 1. The summed E-state index contributed by atoms with van der Waals surface area (Å²) in [6.07, 6.45) is 4.78. The second-order valence-electron chi connectivity index (χ2n) is 7.96. The standard InChI is InChI=1S/C22H25N5O2S/c1-22(2,3)15-5-4-6-16(12-15)26-20(29)27-21-25-13-17(30-21)8-7-14-9-10-24-18(11-14)19(23)28/h4-6,9-13H,7-8H2,1-3H3,(H2,23,28)(H2,25,26,27,29). The van der Waals surface area contributed by atoms with Crippen LogP contribution in [0.1, 0.15) is 47.3 Å². The average Bonchev–Trinajstić information content (AvgIpc) is 3.13. The first-order valence-electron chi connectivity index (χ1n) is 9.59. The van der Waals surface area contributed by atoms with Crippen molar-refractivity contribution in [2.45, 2.75) is 39.0 Å². The van der Waals surface area contributed by atoms with Gasteiger partial charge in [-0.15, -0.1) is 11.3 Å². The third-order valence-corrected chi connectivity index (χ3v) is 5.47. The lowest BCUT2D eigenvalue weighted by atomic mass is 9.87. The molecule has 3 amide bonds. The summed E-state index contributed by atoms with van der Waals surface area (Å²) in [7, 11) is 0. The van der Waals surface area contributed by atoms with Crippen molar-refractivity contribution in [2.24, 2.45) is 5.73 Å². The predicted octanol–water partition coefficient (Wildman–Crippen LogP) is 4.36. The van der Waals surface area contributed by atoms with E-state index >= 15 is 0 Å². The van der Waals surface area contributed by atoms with Crippen LogP contribution in [0.4, 0.5) is 15.6 Å². The molecule has 3 rings (SSSR count). The molecule has 0 aliphatic carbocycles. The van der Waals surface area contributed by atoms with Crippen LogP contribution in [-0.4, -0.2) is 21.9 Å². The molecule has 156 valence electrons. The lowest BCUT2D eigenvalue weighted by Crippen LogP contribution is -2.20. The Morgan fingerprint density at radius 2 is 1.87 bits per heavy atom. The molecule has 0 saturated carbocycles. The molecule has 0 aliphatic rings. The number of hydrogen-bond donors (Lipinski definition) is 3. The van der Waals surface area contributed by atoms with Gasteiger partial charge < -0.3 is 11.1 Å². The molecule has 7 nitrogen and oxygen atoms in total. The third-order valence-electron chi connectivity index (χ3n) is 4.50. The summed E-state index contributed by atoms with van der Waals surface area (Å²) in [6.45, 7) is 6.39. The Labute approximate surface area is 179 Å². The molecule has 0 spiro atoms.